The monoisotopic (exact) mass is 389 g/mol. The van der Waals surface area contributed by atoms with Crippen LogP contribution in [-0.4, -0.2) is 16.6 Å². The van der Waals surface area contributed by atoms with E-state index in [4.69, 9.17) is 4.99 Å². The minimum Gasteiger partial charge on any atom is -0.289 e. The minimum absolute atomic E-state index is 0.0646. The molecule has 2 heterocycles. The van der Waals surface area contributed by atoms with Crippen molar-refractivity contribution in [1.29, 1.82) is 0 Å². The van der Waals surface area contributed by atoms with Gasteiger partial charge >= 0.3 is 0 Å². The van der Waals surface area contributed by atoms with Gasteiger partial charge in [-0.05, 0) is 24.6 Å². The fourth-order valence-corrected chi connectivity index (χ4v) is 4.65. The van der Waals surface area contributed by atoms with Gasteiger partial charge in [0.1, 0.15) is 6.04 Å². The summed E-state index contributed by atoms with van der Waals surface area (Å²) in [7, 11) is 0. The molecule has 2 aliphatic heterocycles. The Bertz CT molecular complexity index is 1270. The first-order valence-corrected chi connectivity index (χ1v) is 10.1. The van der Waals surface area contributed by atoms with Crippen LogP contribution in [0.5, 0.6) is 0 Å². The van der Waals surface area contributed by atoms with Gasteiger partial charge in [-0.25, -0.2) is 4.99 Å². The largest absolute Gasteiger partial charge is 0.289 e. The Morgan fingerprint density at radius 2 is 1.43 bits per heavy atom. The Kier molecular flexibility index (Phi) is 3.56. The zero-order valence-corrected chi connectivity index (χ0v) is 16.5. The summed E-state index contributed by atoms with van der Waals surface area (Å²) in [6, 6.07) is 28.0. The number of hydrazine groups is 1. The molecule has 0 bridgehead atoms. The SMILES string of the molecule is CC1=CC2=NC3=C(C(=O)c4ccccc43)C(c3ccccc3)N2N1c1ccccc1. The van der Waals surface area contributed by atoms with Crippen LogP contribution >= 0.6 is 0 Å². The van der Waals surface area contributed by atoms with Gasteiger partial charge < -0.3 is 0 Å². The molecule has 4 heteroatoms. The first-order valence-electron chi connectivity index (χ1n) is 10.1. The van der Waals surface area contributed by atoms with Crippen LogP contribution in [0.1, 0.15) is 34.5 Å². The Balaban J connectivity index is 1.60. The number of nitrogens with zero attached hydrogens (tertiary/aromatic N) is 3. The molecule has 0 fully saturated rings. The zero-order chi connectivity index (χ0) is 20.2. The molecule has 0 spiro atoms. The molecule has 0 amide bonds. The van der Waals surface area contributed by atoms with E-state index in [-0.39, 0.29) is 11.8 Å². The van der Waals surface area contributed by atoms with Crippen molar-refractivity contribution in [3.05, 3.63) is 119 Å². The average Bonchev–Trinajstić information content (AvgIpc) is 3.27. The number of amidine groups is 1. The quantitative estimate of drug-likeness (QED) is 0.590. The number of benzene rings is 3. The molecule has 0 radical (unpaired) electrons. The Morgan fingerprint density at radius 1 is 0.800 bits per heavy atom. The van der Waals surface area contributed by atoms with Crippen LogP contribution in [0.2, 0.25) is 0 Å². The molecule has 1 unspecified atom stereocenters. The average molecular weight is 389 g/mol. The number of ketones is 1. The maximum atomic E-state index is 13.5. The van der Waals surface area contributed by atoms with E-state index >= 15 is 0 Å². The molecule has 4 nitrogen and oxygen atoms in total. The number of rotatable bonds is 2. The molecule has 30 heavy (non-hydrogen) atoms. The molecule has 1 aliphatic carbocycles. The van der Waals surface area contributed by atoms with Gasteiger partial charge in [0.05, 0.1) is 17.0 Å². The summed E-state index contributed by atoms with van der Waals surface area (Å²) in [5.74, 6) is 0.920. The molecule has 0 saturated carbocycles. The lowest BCUT2D eigenvalue weighted by Gasteiger charge is -2.41. The molecule has 3 aromatic carbocycles. The fraction of sp³-hybridized carbons (Fsp3) is 0.0769. The first-order chi connectivity index (χ1) is 14.7. The molecular formula is C26H19N3O. The van der Waals surface area contributed by atoms with Gasteiger partial charge in [-0.15, -0.1) is 0 Å². The standard InChI is InChI=1S/C26H19N3O/c1-17-16-22-27-24-20-14-8-9-15-21(20)26(30)23(24)25(18-10-4-2-5-11-18)29(22)28(17)19-12-6-3-7-13-19/h2-16,25H,1H3. The molecule has 1 atom stereocenters. The van der Waals surface area contributed by atoms with E-state index in [9.17, 15) is 4.79 Å². The van der Waals surface area contributed by atoms with Crippen LogP contribution in [0, 0.1) is 0 Å². The fourth-order valence-electron chi connectivity index (χ4n) is 4.65. The molecule has 0 aromatic heterocycles. The van der Waals surface area contributed by atoms with Crippen molar-refractivity contribution in [2.75, 3.05) is 5.01 Å². The number of hydrogen-bond donors (Lipinski definition) is 0. The van der Waals surface area contributed by atoms with E-state index in [2.05, 4.69) is 47.3 Å². The van der Waals surface area contributed by atoms with Gasteiger partial charge in [0.25, 0.3) is 0 Å². The van der Waals surface area contributed by atoms with Crippen molar-refractivity contribution in [2.24, 2.45) is 4.99 Å². The second-order valence-electron chi connectivity index (χ2n) is 7.70. The number of fused-ring (bicyclic) bond motifs is 3. The number of hydrogen-bond acceptors (Lipinski definition) is 4. The third-order valence-corrected chi connectivity index (χ3v) is 5.91. The molecule has 0 N–H and O–H groups in total. The van der Waals surface area contributed by atoms with Crippen molar-refractivity contribution in [3.8, 4) is 0 Å². The number of carbonyl (C=O) groups excluding carboxylic acids is 1. The summed E-state index contributed by atoms with van der Waals surface area (Å²) in [6.45, 7) is 2.08. The summed E-state index contributed by atoms with van der Waals surface area (Å²) in [5.41, 5.74) is 6.40. The predicted octanol–water partition coefficient (Wildman–Crippen LogP) is 5.39. The highest BCUT2D eigenvalue weighted by Gasteiger charge is 2.46. The van der Waals surface area contributed by atoms with Crippen LogP contribution in [0.25, 0.3) is 5.70 Å². The minimum atomic E-state index is -0.248. The number of para-hydroxylation sites is 1. The van der Waals surface area contributed by atoms with Gasteiger partial charge in [0.15, 0.2) is 11.6 Å². The normalized spacial score (nSPS) is 19.4. The maximum Gasteiger partial charge on any atom is 0.194 e. The van der Waals surface area contributed by atoms with Gasteiger partial charge in [-0.3, -0.25) is 14.8 Å². The molecule has 3 aromatic rings. The molecule has 3 aliphatic rings. The highest BCUT2D eigenvalue weighted by Crippen LogP contribution is 2.48. The number of allylic oxidation sites excluding steroid dienone is 1. The Hall–Kier alpha value is -3.92. The van der Waals surface area contributed by atoms with Crippen LogP contribution in [0.3, 0.4) is 0 Å². The maximum absolute atomic E-state index is 13.5. The molecule has 144 valence electrons. The van der Waals surface area contributed by atoms with Crippen molar-refractivity contribution in [3.63, 3.8) is 0 Å². The lowest BCUT2D eigenvalue weighted by atomic mass is 9.94. The van der Waals surface area contributed by atoms with E-state index in [1.165, 1.54) is 0 Å². The smallest absolute Gasteiger partial charge is 0.194 e. The van der Waals surface area contributed by atoms with Crippen molar-refractivity contribution in [1.82, 2.24) is 5.01 Å². The predicted molar refractivity (Wildman–Crippen MR) is 119 cm³/mol. The number of carbonyl (C=O) groups is 1. The van der Waals surface area contributed by atoms with Crippen molar-refractivity contribution >= 4 is 23.0 Å². The summed E-state index contributed by atoms with van der Waals surface area (Å²) in [5, 5.41) is 4.32. The highest BCUT2D eigenvalue weighted by molar-refractivity contribution is 6.24. The Labute approximate surface area is 175 Å². The third kappa shape index (κ3) is 2.28. The second-order valence-corrected chi connectivity index (χ2v) is 7.70. The number of aliphatic imine (C=N–C) groups is 1. The summed E-state index contributed by atoms with van der Waals surface area (Å²) >= 11 is 0. The van der Waals surface area contributed by atoms with Crippen LogP contribution in [0.15, 0.2) is 107 Å². The van der Waals surface area contributed by atoms with Gasteiger partial charge in [0, 0.05) is 22.9 Å². The third-order valence-electron chi connectivity index (χ3n) is 5.91. The first kappa shape index (κ1) is 17.0. The van der Waals surface area contributed by atoms with Crippen LogP contribution < -0.4 is 5.01 Å². The zero-order valence-electron chi connectivity index (χ0n) is 16.5. The lowest BCUT2D eigenvalue weighted by Crippen LogP contribution is -2.45. The number of Topliss-reactive ketones (excluding diaryl/α,β-unsaturated/α-hetero) is 1. The van der Waals surface area contributed by atoms with Crippen molar-refractivity contribution < 1.29 is 4.79 Å². The highest BCUT2D eigenvalue weighted by atomic mass is 16.1. The van der Waals surface area contributed by atoms with E-state index in [0.29, 0.717) is 0 Å². The summed E-state index contributed by atoms with van der Waals surface area (Å²) < 4.78 is 0. The summed E-state index contributed by atoms with van der Waals surface area (Å²) in [6.07, 6.45) is 2.10. The summed E-state index contributed by atoms with van der Waals surface area (Å²) in [4.78, 5) is 18.5. The van der Waals surface area contributed by atoms with E-state index in [1.807, 2.05) is 60.7 Å². The van der Waals surface area contributed by atoms with E-state index < -0.39 is 0 Å². The van der Waals surface area contributed by atoms with E-state index in [0.717, 1.165) is 45.2 Å². The lowest BCUT2D eigenvalue weighted by molar-refractivity contribution is 0.102. The molecule has 0 saturated heterocycles. The van der Waals surface area contributed by atoms with Gasteiger partial charge in [0.2, 0.25) is 0 Å². The van der Waals surface area contributed by atoms with Gasteiger partial charge in [-0.1, -0.05) is 72.8 Å². The molecule has 6 rings (SSSR count). The molecular weight excluding hydrogens is 370 g/mol. The van der Waals surface area contributed by atoms with E-state index in [1.54, 1.807) is 0 Å². The van der Waals surface area contributed by atoms with Crippen LogP contribution in [0.4, 0.5) is 5.69 Å². The van der Waals surface area contributed by atoms with Crippen LogP contribution in [-0.2, 0) is 0 Å². The topological polar surface area (TPSA) is 35.9 Å². The second kappa shape index (κ2) is 6.29. The van der Waals surface area contributed by atoms with Gasteiger partial charge in [-0.2, -0.15) is 0 Å². The Morgan fingerprint density at radius 3 is 2.17 bits per heavy atom. The number of anilines is 1. The van der Waals surface area contributed by atoms with Crippen molar-refractivity contribution in [2.45, 2.75) is 13.0 Å².